The lowest BCUT2D eigenvalue weighted by atomic mass is 10.3. The molecule has 1 rings (SSSR count). The van der Waals surface area contributed by atoms with Crippen molar-refractivity contribution in [1.82, 2.24) is 5.32 Å². The van der Waals surface area contributed by atoms with Crippen LogP contribution in [0.15, 0.2) is 18.2 Å². The first kappa shape index (κ1) is 14.2. The quantitative estimate of drug-likeness (QED) is 0.775. The zero-order chi connectivity index (χ0) is 12.7. The lowest BCUT2D eigenvalue weighted by Crippen LogP contribution is -2.33. The first-order chi connectivity index (χ1) is 8.11. The minimum atomic E-state index is -0.687. The Morgan fingerprint density at radius 3 is 3.06 bits per heavy atom. The smallest absolute Gasteiger partial charge is 0.244 e. The molecule has 0 saturated carbocycles. The Morgan fingerprint density at radius 1 is 1.71 bits per heavy atom. The molecule has 0 spiro atoms. The molecule has 0 fully saturated rings. The Bertz CT molecular complexity index is 392. The van der Waals surface area contributed by atoms with E-state index in [0.717, 1.165) is 4.88 Å². The molecule has 0 aliphatic rings. The molecule has 1 aromatic rings. The number of carbonyl (C=O) groups is 1. The fourth-order valence-electron chi connectivity index (χ4n) is 1.10. The van der Waals surface area contributed by atoms with Crippen LogP contribution in [0.3, 0.4) is 0 Å². The highest BCUT2D eigenvalue weighted by Gasteiger charge is 2.04. The predicted octanol–water partition coefficient (Wildman–Crippen LogP) is 1.54. The van der Waals surface area contributed by atoms with Gasteiger partial charge >= 0.3 is 0 Å². The van der Waals surface area contributed by atoms with Gasteiger partial charge in [0.15, 0.2) is 0 Å². The molecule has 1 heterocycles. The SMILES string of the molecule is COCC(O)CNC(=O)C=Cc1ccc(Cl)s1. The number of hydrogen-bond donors (Lipinski definition) is 2. The summed E-state index contributed by atoms with van der Waals surface area (Å²) in [6, 6.07) is 3.60. The van der Waals surface area contributed by atoms with Crippen molar-refractivity contribution in [1.29, 1.82) is 0 Å². The van der Waals surface area contributed by atoms with Crippen LogP contribution in [0.2, 0.25) is 4.34 Å². The van der Waals surface area contributed by atoms with Crippen molar-refractivity contribution >= 4 is 34.9 Å². The van der Waals surface area contributed by atoms with Crippen molar-refractivity contribution in [3.8, 4) is 0 Å². The van der Waals surface area contributed by atoms with Crippen LogP contribution in [-0.2, 0) is 9.53 Å². The van der Waals surface area contributed by atoms with E-state index >= 15 is 0 Å². The molecule has 0 saturated heterocycles. The molecule has 4 nitrogen and oxygen atoms in total. The number of amides is 1. The molecule has 0 aromatic carbocycles. The van der Waals surface area contributed by atoms with E-state index < -0.39 is 6.10 Å². The molecular weight excluding hydrogens is 262 g/mol. The molecule has 1 atom stereocenters. The van der Waals surface area contributed by atoms with Crippen molar-refractivity contribution < 1.29 is 14.6 Å². The van der Waals surface area contributed by atoms with Crippen molar-refractivity contribution in [3.63, 3.8) is 0 Å². The van der Waals surface area contributed by atoms with Gasteiger partial charge in [0.05, 0.1) is 17.0 Å². The van der Waals surface area contributed by atoms with Crippen LogP contribution in [0.25, 0.3) is 6.08 Å². The van der Waals surface area contributed by atoms with Gasteiger partial charge in [-0.05, 0) is 18.2 Å². The van der Waals surface area contributed by atoms with Crippen LogP contribution >= 0.6 is 22.9 Å². The second-order valence-corrected chi connectivity index (χ2v) is 5.08. The van der Waals surface area contributed by atoms with Gasteiger partial charge in [-0.2, -0.15) is 0 Å². The lowest BCUT2D eigenvalue weighted by molar-refractivity contribution is -0.117. The first-order valence-corrected chi connectivity index (χ1v) is 6.19. The topological polar surface area (TPSA) is 58.6 Å². The Balaban J connectivity index is 2.32. The third-order valence-electron chi connectivity index (χ3n) is 1.86. The van der Waals surface area contributed by atoms with Gasteiger partial charge in [-0.1, -0.05) is 11.6 Å². The summed E-state index contributed by atoms with van der Waals surface area (Å²) in [5.74, 6) is -0.260. The number of carbonyl (C=O) groups excluding carboxylic acids is 1. The van der Waals surface area contributed by atoms with Gasteiger partial charge in [-0.3, -0.25) is 4.79 Å². The molecule has 0 aliphatic heterocycles. The summed E-state index contributed by atoms with van der Waals surface area (Å²) in [6.45, 7) is 0.368. The molecule has 17 heavy (non-hydrogen) atoms. The number of thiophene rings is 1. The third kappa shape index (κ3) is 5.83. The number of halogens is 1. The minimum Gasteiger partial charge on any atom is -0.389 e. The van der Waals surface area contributed by atoms with Gasteiger partial charge < -0.3 is 15.2 Å². The van der Waals surface area contributed by atoms with Gasteiger partial charge in [0.25, 0.3) is 0 Å². The maximum atomic E-state index is 11.4. The van der Waals surface area contributed by atoms with E-state index in [0.29, 0.717) is 4.34 Å². The number of methoxy groups -OCH3 is 1. The Kier molecular flexibility index (Phi) is 6.21. The second kappa shape index (κ2) is 7.45. The fourth-order valence-corrected chi connectivity index (χ4v) is 2.07. The number of aliphatic hydroxyl groups excluding tert-OH is 1. The third-order valence-corrected chi connectivity index (χ3v) is 3.06. The van der Waals surface area contributed by atoms with E-state index in [1.54, 1.807) is 12.1 Å². The molecule has 1 aromatic heterocycles. The van der Waals surface area contributed by atoms with Crippen molar-refractivity contribution in [3.05, 3.63) is 27.4 Å². The van der Waals surface area contributed by atoms with Gasteiger partial charge in [-0.15, -0.1) is 11.3 Å². The highest BCUT2D eigenvalue weighted by Crippen LogP contribution is 2.22. The number of hydrogen-bond acceptors (Lipinski definition) is 4. The summed E-state index contributed by atoms with van der Waals surface area (Å²) in [5.41, 5.74) is 0. The Morgan fingerprint density at radius 2 is 2.47 bits per heavy atom. The van der Waals surface area contributed by atoms with Gasteiger partial charge in [0.1, 0.15) is 0 Å². The lowest BCUT2D eigenvalue weighted by Gasteiger charge is -2.08. The standard InChI is InChI=1S/C11H14ClNO3S/c1-16-7-8(14)6-13-11(15)5-3-9-2-4-10(12)17-9/h2-5,8,14H,6-7H2,1H3,(H,13,15). The second-order valence-electron chi connectivity index (χ2n) is 3.33. The molecule has 2 N–H and O–H groups in total. The van der Waals surface area contributed by atoms with Crippen LogP contribution in [0.1, 0.15) is 4.88 Å². The highest BCUT2D eigenvalue weighted by molar-refractivity contribution is 7.17. The van der Waals surface area contributed by atoms with Crippen LogP contribution in [0.4, 0.5) is 0 Å². The molecule has 1 unspecified atom stereocenters. The van der Waals surface area contributed by atoms with E-state index in [-0.39, 0.29) is 19.1 Å². The average molecular weight is 276 g/mol. The zero-order valence-electron chi connectivity index (χ0n) is 9.35. The average Bonchev–Trinajstić information content (AvgIpc) is 2.70. The van der Waals surface area contributed by atoms with Crippen LogP contribution < -0.4 is 5.32 Å². The van der Waals surface area contributed by atoms with E-state index in [1.807, 2.05) is 6.07 Å². The molecule has 94 valence electrons. The summed E-state index contributed by atoms with van der Waals surface area (Å²) >= 11 is 7.14. The summed E-state index contributed by atoms with van der Waals surface area (Å²) in [6.07, 6.45) is 2.39. The normalized spacial score (nSPS) is 12.9. The van der Waals surface area contributed by atoms with Gasteiger partial charge in [0.2, 0.25) is 5.91 Å². The van der Waals surface area contributed by atoms with E-state index in [2.05, 4.69) is 5.32 Å². The van der Waals surface area contributed by atoms with Crippen molar-refractivity contribution in [2.24, 2.45) is 0 Å². The summed E-state index contributed by atoms with van der Waals surface area (Å²) in [7, 11) is 1.49. The van der Waals surface area contributed by atoms with E-state index in [9.17, 15) is 9.90 Å². The maximum absolute atomic E-state index is 11.4. The maximum Gasteiger partial charge on any atom is 0.244 e. The largest absolute Gasteiger partial charge is 0.389 e. The molecule has 0 radical (unpaired) electrons. The fraction of sp³-hybridized carbons (Fsp3) is 0.364. The molecule has 6 heteroatoms. The predicted molar refractivity (Wildman–Crippen MR) is 69.3 cm³/mol. The number of aliphatic hydroxyl groups is 1. The zero-order valence-corrected chi connectivity index (χ0v) is 10.9. The van der Waals surface area contributed by atoms with E-state index in [4.69, 9.17) is 16.3 Å². The summed E-state index contributed by atoms with van der Waals surface area (Å²) < 4.78 is 5.42. The van der Waals surface area contributed by atoms with Crippen LogP contribution in [-0.4, -0.2) is 37.4 Å². The van der Waals surface area contributed by atoms with Crippen molar-refractivity contribution in [2.45, 2.75) is 6.10 Å². The highest BCUT2D eigenvalue weighted by atomic mass is 35.5. The monoisotopic (exact) mass is 275 g/mol. The number of ether oxygens (including phenoxy) is 1. The van der Waals surface area contributed by atoms with Crippen LogP contribution in [0, 0.1) is 0 Å². The summed E-state index contributed by atoms with van der Waals surface area (Å²) in [5, 5.41) is 11.9. The number of nitrogens with one attached hydrogen (secondary N) is 1. The Hall–Kier alpha value is -0.880. The first-order valence-electron chi connectivity index (χ1n) is 5.00. The summed E-state index contributed by atoms with van der Waals surface area (Å²) in [4.78, 5) is 12.3. The Labute approximate surface area is 109 Å². The van der Waals surface area contributed by atoms with Crippen molar-refractivity contribution in [2.75, 3.05) is 20.3 Å². The molecule has 0 aliphatic carbocycles. The van der Waals surface area contributed by atoms with Gasteiger partial charge in [-0.25, -0.2) is 0 Å². The van der Waals surface area contributed by atoms with Crippen LogP contribution in [0.5, 0.6) is 0 Å². The van der Waals surface area contributed by atoms with Gasteiger partial charge in [0, 0.05) is 24.6 Å². The minimum absolute atomic E-state index is 0.169. The molecule has 1 amide bonds. The number of rotatable bonds is 6. The van der Waals surface area contributed by atoms with E-state index in [1.165, 1.54) is 24.5 Å². The molecule has 0 bridgehead atoms. The molecular formula is C11H14ClNO3S.